The van der Waals surface area contributed by atoms with E-state index in [0.717, 1.165) is 25.7 Å². The summed E-state index contributed by atoms with van der Waals surface area (Å²) < 4.78 is 0. The van der Waals surface area contributed by atoms with Crippen LogP contribution in [0.4, 0.5) is 0 Å². The van der Waals surface area contributed by atoms with E-state index in [2.05, 4.69) is 13.8 Å². The monoisotopic (exact) mass is 210 g/mol. The van der Waals surface area contributed by atoms with Crippen molar-refractivity contribution in [3.63, 3.8) is 0 Å². The molecule has 0 aromatic rings. The lowest BCUT2D eigenvalue weighted by atomic mass is 9.61. The Morgan fingerprint density at radius 3 is 2.40 bits per heavy atom. The van der Waals surface area contributed by atoms with Crippen LogP contribution in [0.5, 0.6) is 0 Å². The number of carboxylic acid groups (broad SMARTS) is 1. The van der Waals surface area contributed by atoms with E-state index in [-0.39, 0.29) is 5.41 Å². The molecule has 0 bridgehead atoms. The van der Waals surface area contributed by atoms with Crippen LogP contribution >= 0.6 is 0 Å². The summed E-state index contributed by atoms with van der Waals surface area (Å²) in [6.45, 7) is 4.46. The van der Waals surface area contributed by atoms with Gasteiger partial charge in [-0.15, -0.1) is 0 Å². The highest BCUT2D eigenvalue weighted by Gasteiger charge is 2.49. The highest BCUT2D eigenvalue weighted by atomic mass is 16.4. The van der Waals surface area contributed by atoms with Gasteiger partial charge in [0.15, 0.2) is 0 Å². The second-order valence-corrected chi connectivity index (χ2v) is 6.27. The summed E-state index contributed by atoms with van der Waals surface area (Å²) in [6.07, 6.45) is 7.58. The average Bonchev–Trinajstić information content (AvgIpc) is 2.46. The molecule has 86 valence electrons. The summed E-state index contributed by atoms with van der Waals surface area (Å²) in [6, 6.07) is 0. The van der Waals surface area contributed by atoms with Crippen LogP contribution in [-0.4, -0.2) is 11.1 Å². The van der Waals surface area contributed by atoms with E-state index in [0.29, 0.717) is 11.3 Å². The largest absolute Gasteiger partial charge is 0.481 e. The van der Waals surface area contributed by atoms with Gasteiger partial charge >= 0.3 is 5.97 Å². The van der Waals surface area contributed by atoms with E-state index < -0.39 is 5.97 Å². The molecule has 15 heavy (non-hydrogen) atoms. The second-order valence-electron chi connectivity index (χ2n) is 6.27. The molecule has 2 unspecified atom stereocenters. The number of carbonyl (C=O) groups is 1. The minimum Gasteiger partial charge on any atom is -0.481 e. The summed E-state index contributed by atoms with van der Waals surface area (Å²) >= 11 is 0. The van der Waals surface area contributed by atoms with Gasteiger partial charge in [-0.05, 0) is 49.9 Å². The van der Waals surface area contributed by atoms with Crippen molar-refractivity contribution < 1.29 is 9.90 Å². The molecule has 2 aliphatic rings. The lowest BCUT2D eigenvalue weighted by Gasteiger charge is -2.43. The molecule has 0 radical (unpaired) electrons. The van der Waals surface area contributed by atoms with Gasteiger partial charge in [-0.1, -0.05) is 20.3 Å². The van der Waals surface area contributed by atoms with Gasteiger partial charge in [-0.2, -0.15) is 0 Å². The van der Waals surface area contributed by atoms with E-state index >= 15 is 0 Å². The van der Waals surface area contributed by atoms with Gasteiger partial charge in [-0.25, -0.2) is 0 Å². The van der Waals surface area contributed by atoms with E-state index in [1.54, 1.807) is 0 Å². The van der Waals surface area contributed by atoms with Crippen molar-refractivity contribution in [2.45, 2.75) is 58.8 Å². The van der Waals surface area contributed by atoms with E-state index in [4.69, 9.17) is 0 Å². The van der Waals surface area contributed by atoms with Crippen molar-refractivity contribution in [2.24, 2.45) is 16.7 Å². The van der Waals surface area contributed by atoms with Crippen molar-refractivity contribution in [3.05, 3.63) is 0 Å². The molecule has 2 fully saturated rings. The first-order valence-corrected chi connectivity index (χ1v) is 6.19. The molecule has 0 aromatic heterocycles. The highest BCUT2D eigenvalue weighted by Crippen LogP contribution is 2.54. The van der Waals surface area contributed by atoms with Gasteiger partial charge < -0.3 is 5.11 Å². The Morgan fingerprint density at radius 1 is 1.40 bits per heavy atom. The van der Waals surface area contributed by atoms with Crippen LogP contribution in [0.1, 0.15) is 58.8 Å². The summed E-state index contributed by atoms with van der Waals surface area (Å²) in [4.78, 5) is 11.5. The number of carboxylic acids is 1. The predicted molar refractivity (Wildman–Crippen MR) is 59.7 cm³/mol. The van der Waals surface area contributed by atoms with E-state index in [1.807, 2.05) is 0 Å². The zero-order valence-corrected chi connectivity index (χ0v) is 9.88. The minimum absolute atomic E-state index is 0.336. The maximum atomic E-state index is 11.5. The summed E-state index contributed by atoms with van der Waals surface area (Å²) in [5.41, 5.74) is -0.0446. The lowest BCUT2D eigenvalue weighted by Crippen LogP contribution is -2.38. The lowest BCUT2D eigenvalue weighted by molar-refractivity contribution is -0.152. The minimum atomic E-state index is -0.542. The van der Waals surface area contributed by atoms with Gasteiger partial charge in [0.1, 0.15) is 0 Å². The number of hydrogen-bond acceptors (Lipinski definition) is 1. The smallest absolute Gasteiger partial charge is 0.309 e. The second kappa shape index (κ2) is 3.50. The van der Waals surface area contributed by atoms with Gasteiger partial charge in [0, 0.05) is 0 Å². The van der Waals surface area contributed by atoms with Crippen LogP contribution in [-0.2, 0) is 4.79 Å². The molecule has 0 spiro atoms. The Bertz CT molecular complexity index is 268. The summed E-state index contributed by atoms with van der Waals surface area (Å²) in [7, 11) is 0. The SMILES string of the molecule is CC1CCC(CC2(C)CCC2)(C(=O)O)C1. The molecule has 2 atom stereocenters. The molecule has 1 N–H and O–H groups in total. The molecule has 2 nitrogen and oxygen atoms in total. The van der Waals surface area contributed by atoms with Crippen molar-refractivity contribution in [1.29, 1.82) is 0 Å². The average molecular weight is 210 g/mol. The van der Waals surface area contributed by atoms with Gasteiger partial charge in [0.05, 0.1) is 5.41 Å². The fourth-order valence-electron chi connectivity index (χ4n) is 3.60. The predicted octanol–water partition coefficient (Wildman–Crippen LogP) is 3.46. The fourth-order valence-corrected chi connectivity index (χ4v) is 3.60. The third-order valence-electron chi connectivity index (χ3n) is 4.63. The van der Waals surface area contributed by atoms with Crippen molar-refractivity contribution in [2.75, 3.05) is 0 Å². The highest BCUT2D eigenvalue weighted by molar-refractivity contribution is 5.75. The number of rotatable bonds is 3. The van der Waals surface area contributed by atoms with E-state index in [1.165, 1.54) is 19.3 Å². The molecule has 0 aromatic carbocycles. The Morgan fingerprint density at radius 2 is 2.07 bits per heavy atom. The maximum absolute atomic E-state index is 11.5. The Kier molecular flexibility index (Phi) is 2.56. The first kappa shape index (κ1) is 11.0. The topological polar surface area (TPSA) is 37.3 Å². The van der Waals surface area contributed by atoms with Crippen LogP contribution in [0.3, 0.4) is 0 Å². The quantitative estimate of drug-likeness (QED) is 0.774. The molecular formula is C13H22O2. The van der Waals surface area contributed by atoms with Crippen molar-refractivity contribution in [3.8, 4) is 0 Å². The first-order chi connectivity index (χ1) is 6.96. The van der Waals surface area contributed by atoms with Crippen molar-refractivity contribution in [1.82, 2.24) is 0 Å². The summed E-state index contributed by atoms with van der Waals surface area (Å²) in [5.74, 6) is 0.0600. The van der Waals surface area contributed by atoms with Gasteiger partial charge in [-0.3, -0.25) is 4.79 Å². The normalized spacial score (nSPS) is 38.7. The Hall–Kier alpha value is -0.530. The molecule has 0 saturated heterocycles. The number of hydrogen-bond donors (Lipinski definition) is 1. The van der Waals surface area contributed by atoms with Crippen LogP contribution in [0.15, 0.2) is 0 Å². The van der Waals surface area contributed by atoms with Gasteiger partial charge in [0.2, 0.25) is 0 Å². The standard InChI is InChI=1S/C13H22O2/c1-10-4-7-13(8-10,11(14)15)9-12(2)5-3-6-12/h10H,3-9H2,1-2H3,(H,14,15). The third-order valence-corrected chi connectivity index (χ3v) is 4.63. The van der Waals surface area contributed by atoms with Crippen LogP contribution in [0.25, 0.3) is 0 Å². The number of aliphatic carboxylic acids is 1. The zero-order chi connectivity index (χ0) is 11.1. The van der Waals surface area contributed by atoms with Crippen LogP contribution in [0, 0.1) is 16.7 Å². The molecule has 2 heteroatoms. The molecule has 0 heterocycles. The fraction of sp³-hybridized carbons (Fsp3) is 0.923. The molecule has 2 rings (SSSR count). The Balaban J connectivity index is 2.10. The first-order valence-electron chi connectivity index (χ1n) is 6.19. The molecule has 0 aliphatic heterocycles. The molecule has 2 aliphatic carbocycles. The third kappa shape index (κ3) is 1.91. The Labute approximate surface area is 92.1 Å². The zero-order valence-electron chi connectivity index (χ0n) is 9.88. The maximum Gasteiger partial charge on any atom is 0.309 e. The van der Waals surface area contributed by atoms with Crippen molar-refractivity contribution >= 4 is 5.97 Å². The van der Waals surface area contributed by atoms with Crippen LogP contribution in [0.2, 0.25) is 0 Å². The van der Waals surface area contributed by atoms with Crippen LogP contribution < -0.4 is 0 Å². The molecule has 2 saturated carbocycles. The summed E-state index contributed by atoms with van der Waals surface area (Å²) in [5, 5.41) is 9.46. The van der Waals surface area contributed by atoms with E-state index in [9.17, 15) is 9.90 Å². The molecule has 0 amide bonds. The molecular weight excluding hydrogens is 188 g/mol. The van der Waals surface area contributed by atoms with Gasteiger partial charge in [0.25, 0.3) is 0 Å².